The number of hydrazine groups is 1. The average Bonchev–Trinajstić information content (AvgIpc) is 3.06. The number of carbonyl (C=O) groups is 1. The van der Waals surface area contributed by atoms with Crippen LogP contribution in [-0.2, 0) is 35.1 Å². The van der Waals surface area contributed by atoms with Crippen LogP contribution in [0.2, 0.25) is 0 Å². The van der Waals surface area contributed by atoms with E-state index in [0.29, 0.717) is 16.9 Å². The van der Waals surface area contributed by atoms with Gasteiger partial charge in [0.15, 0.2) is 5.75 Å². The van der Waals surface area contributed by atoms with E-state index in [0.717, 1.165) is 29.4 Å². The molecule has 280 valence electrons. The molecule has 0 atom stereocenters. The van der Waals surface area contributed by atoms with E-state index < -0.39 is 70.6 Å². The Hall–Kier alpha value is -4.94. The van der Waals surface area contributed by atoms with Crippen LogP contribution in [0.15, 0.2) is 79.5 Å². The van der Waals surface area contributed by atoms with Gasteiger partial charge in [0.25, 0.3) is 20.2 Å². The van der Waals surface area contributed by atoms with Gasteiger partial charge in [0.2, 0.25) is 15.9 Å². The van der Waals surface area contributed by atoms with E-state index >= 15 is 0 Å². The zero-order valence-electron chi connectivity index (χ0n) is 27.6. The number of fused-ring (bicyclic) bond motifs is 1. The molecular formula is C30H34N6O13S3. The van der Waals surface area contributed by atoms with Crippen LogP contribution in [0.3, 0.4) is 0 Å². The summed E-state index contributed by atoms with van der Waals surface area (Å²) < 4.78 is 100. The molecule has 0 aliphatic carbocycles. The predicted octanol–water partition coefficient (Wildman–Crippen LogP) is 3.14. The Morgan fingerprint density at radius 2 is 1.46 bits per heavy atom. The fourth-order valence-corrected chi connectivity index (χ4v) is 7.54. The molecule has 4 aromatic carbocycles. The van der Waals surface area contributed by atoms with Gasteiger partial charge in [-0.15, -0.1) is 10.2 Å². The van der Waals surface area contributed by atoms with Crippen LogP contribution in [0, 0.1) is 6.92 Å². The first-order valence-electron chi connectivity index (χ1n) is 14.8. The summed E-state index contributed by atoms with van der Waals surface area (Å²) in [6.45, 7) is 1.52. The SMILES string of the molecule is COc1cc(NNc2ccc(S(=O)(=O)N(CCO)CCO)cc2)c(C)cc1/N=N/c1c(S(=O)(=O)O)cc2cc(S(=O)(=O)O)cc(NC(C)=O)c2c1O. The molecule has 0 aromatic heterocycles. The minimum Gasteiger partial charge on any atom is -0.505 e. The molecule has 0 heterocycles. The van der Waals surface area contributed by atoms with Gasteiger partial charge < -0.3 is 36.2 Å². The second kappa shape index (κ2) is 15.7. The Labute approximate surface area is 298 Å². The van der Waals surface area contributed by atoms with E-state index in [9.17, 15) is 54.5 Å². The van der Waals surface area contributed by atoms with Gasteiger partial charge in [0, 0.05) is 31.5 Å². The standard InChI is InChI=1S/C30H34N6O13S3/c1-17-12-24(26(49-3)16-23(17)33-32-20-4-6-21(7-5-20)50(41,42)36(8-10-37)9-11-38)34-35-29-27(52(46,47)48)14-19-13-22(51(43,44)45)15-25(31-18(2)39)28(19)30(29)40/h4-7,12-16,32-33,37-38,40H,8-11H2,1-3H3,(H,31,39)(H,43,44,45)(H,46,47,48)/b35-34+. The lowest BCUT2D eigenvalue weighted by Gasteiger charge is -2.20. The maximum atomic E-state index is 12.9. The number of aryl methyl sites for hydroxylation is 1. The van der Waals surface area contributed by atoms with Crippen molar-refractivity contribution >= 4 is 75.4 Å². The number of nitrogens with one attached hydrogen (secondary N) is 3. The van der Waals surface area contributed by atoms with E-state index in [4.69, 9.17) is 4.74 Å². The van der Waals surface area contributed by atoms with Crippen molar-refractivity contribution in [3.05, 3.63) is 60.2 Å². The first kappa shape index (κ1) is 39.8. The number of azo groups is 1. The normalized spacial score (nSPS) is 12.4. The summed E-state index contributed by atoms with van der Waals surface area (Å²) in [5, 5.41) is 39.2. The van der Waals surface area contributed by atoms with Gasteiger partial charge in [0.05, 0.1) is 47.2 Å². The van der Waals surface area contributed by atoms with Crippen molar-refractivity contribution in [1.29, 1.82) is 0 Å². The molecule has 22 heteroatoms. The van der Waals surface area contributed by atoms with Crippen LogP contribution in [0.25, 0.3) is 10.8 Å². The summed E-state index contributed by atoms with van der Waals surface area (Å²) in [5.74, 6) is -1.52. The number of benzene rings is 4. The highest BCUT2D eigenvalue weighted by molar-refractivity contribution is 7.89. The second-order valence-corrected chi connectivity index (χ2v) is 15.7. The third kappa shape index (κ3) is 8.91. The number of nitrogens with zero attached hydrogens (tertiary/aromatic N) is 3. The molecule has 0 saturated carbocycles. The van der Waals surface area contributed by atoms with Gasteiger partial charge in [-0.05, 0) is 66.4 Å². The van der Waals surface area contributed by atoms with Gasteiger partial charge in [-0.3, -0.25) is 13.9 Å². The Kier molecular flexibility index (Phi) is 12.1. The van der Waals surface area contributed by atoms with Crippen LogP contribution >= 0.6 is 0 Å². The monoisotopic (exact) mass is 782 g/mol. The summed E-state index contributed by atoms with van der Waals surface area (Å²) in [4.78, 5) is 10.1. The smallest absolute Gasteiger partial charge is 0.296 e. The third-order valence-corrected chi connectivity index (χ3v) is 10.9. The topological polar surface area (TPSA) is 294 Å². The van der Waals surface area contributed by atoms with Crippen molar-refractivity contribution < 1.29 is 59.2 Å². The van der Waals surface area contributed by atoms with Gasteiger partial charge >= 0.3 is 0 Å². The lowest BCUT2D eigenvalue weighted by Crippen LogP contribution is -2.35. The van der Waals surface area contributed by atoms with Gasteiger partial charge in [0.1, 0.15) is 22.0 Å². The number of hydrogen-bond donors (Lipinski definition) is 8. The van der Waals surface area contributed by atoms with Crippen molar-refractivity contribution in [1.82, 2.24) is 4.31 Å². The molecule has 0 radical (unpaired) electrons. The fourth-order valence-electron chi connectivity index (χ4n) is 4.92. The van der Waals surface area contributed by atoms with E-state index in [1.807, 2.05) is 0 Å². The van der Waals surface area contributed by atoms with E-state index in [1.54, 1.807) is 6.92 Å². The maximum absolute atomic E-state index is 12.9. The number of anilines is 3. The summed E-state index contributed by atoms with van der Waals surface area (Å²) in [5.41, 5.74) is 6.22. The summed E-state index contributed by atoms with van der Waals surface area (Å²) in [6, 6.07) is 11.0. The largest absolute Gasteiger partial charge is 0.505 e. The number of aromatic hydroxyl groups is 1. The molecule has 0 aliphatic rings. The predicted molar refractivity (Wildman–Crippen MR) is 188 cm³/mol. The second-order valence-electron chi connectivity index (χ2n) is 10.9. The number of phenols is 1. The van der Waals surface area contributed by atoms with Crippen molar-refractivity contribution in [3.8, 4) is 11.5 Å². The molecule has 19 nitrogen and oxygen atoms in total. The number of aliphatic hydroxyl groups excluding tert-OH is 2. The van der Waals surface area contributed by atoms with E-state index in [1.165, 1.54) is 43.5 Å². The number of amides is 1. The summed E-state index contributed by atoms with van der Waals surface area (Å²) in [6.07, 6.45) is 0. The van der Waals surface area contributed by atoms with Crippen LogP contribution in [0.1, 0.15) is 12.5 Å². The Bertz CT molecular complexity index is 2360. The highest BCUT2D eigenvalue weighted by Gasteiger charge is 2.26. The van der Waals surface area contributed by atoms with Crippen molar-refractivity contribution in [2.45, 2.75) is 28.5 Å². The first-order valence-corrected chi connectivity index (χ1v) is 19.1. The summed E-state index contributed by atoms with van der Waals surface area (Å²) in [7, 11) is -12.7. The Balaban J connectivity index is 1.69. The zero-order chi connectivity index (χ0) is 38.6. The minimum absolute atomic E-state index is 0.0278. The van der Waals surface area contributed by atoms with Gasteiger partial charge in [-0.1, -0.05) is 0 Å². The van der Waals surface area contributed by atoms with Crippen LogP contribution in [0.4, 0.5) is 28.4 Å². The molecule has 52 heavy (non-hydrogen) atoms. The third-order valence-electron chi connectivity index (χ3n) is 7.33. The average molecular weight is 783 g/mol. The molecule has 0 unspecified atom stereocenters. The minimum atomic E-state index is -5.14. The van der Waals surface area contributed by atoms with Gasteiger partial charge in [-0.25, -0.2) is 8.42 Å². The van der Waals surface area contributed by atoms with Crippen LogP contribution < -0.4 is 20.9 Å². The Morgan fingerprint density at radius 3 is 2.00 bits per heavy atom. The van der Waals surface area contributed by atoms with Crippen LogP contribution in [-0.4, -0.2) is 93.3 Å². The molecule has 0 spiro atoms. The van der Waals surface area contributed by atoms with Gasteiger partial charge in [-0.2, -0.15) is 21.1 Å². The molecule has 0 fully saturated rings. The number of aliphatic hydroxyl groups is 2. The molecule has 8 N–H and O–H groups in total. The lowest BCUT2D eigenvalue weighted by atomic mass is 10.1. The molecule has 4 aromatic rings. The summed E-state index contributed by atoms with van der Waals surface area (Å²) >= 11 is 0. The zero-order valence-corrected chi connectivity index (χ0v) is 30.0. The Morgan fingerprint density at radius 1 is 0.827 bits per heavy atom. The number of carbonyl (C=O) groups excluding carboxylic acids is 1. The molecule has 0 aliphatic heterocycles. The van der Waals surface area contributed by atoms with Crippen molar-refractivity contribution in [2.75, 3.05) is 49.6 Å². The quantitative estimate of drug-likeness (QED) is 0.0488. The van der Waals surface area contributed by atoms with Crippen molar-refractivity contribution in [2.24, 2.45) is 10.2 Å². The molecule has 4 rings (SSSR count). The molecular weight excluding hydrogens is 749 g/mol. The number of hydrogen-bond acceptors (Lipinski definition) is 15. The number of rotatable bonds is 15. The molecule has 1 amide bonds. The molecule has 0 bridgehead atoms. The lowest BCUT2D eigenvalue weighted by molar-refractivity contribution is -0.114. The maximum Gasteiger partial charge on any atom is 0.296 e. The highest BCUT2D eigenvalue weighted by atomic mass is 32.2. The number of methoxy groups -OCH3 is 1. The number of sulfonamides is 1. The molecule has 0 saturated heterocycles. The number of ether oxygens (including phenoxy) is 1. The fraction of sp³-hybridized carbons (Fsp3) is 0.233. The van der Waals surface area contributed by atoms with Crippen LogP contribution in [0.5, 0.6) is 11.5 Å². The highest BCUT2D eigenvalue weighted by Crippen LogP contribution is 2.46. The van der Waals surface area contributed by atoms with E-state index in [-0.39, 0.29) is 45.9 Å². The van der Waals surface area contributed by atoms with E-state index in [2.05, 4.69) is 26.4 Å². The first-order chi connectivity index (χ1) is 24.3. The van der Waals surface area contributed by atoms with Crippen molar-refractivity contribution in [3.63, 3.8) is 0 Å². The number of phenolic OH excluding ortho intramolecular Hbond substituents is 1.